The monoisotopic (exact) mass is 202 g/mol. The lowest BCUT2D eigenvalue weighted by atomic mass is 10.4. The summed E-state index contributed by atoms with van der Waals surface area (Å²) in [5.74, 6) is 0. The first kappa shape index (κ1) is 13.4. The predicted molar refractivity (Wildman–Crippen MR) is 65.6 cm³/mol. The molecule has 0 aliphatic rings. The van der Waals surface area contributed by atoms with E-state index in [0.717, 1.165) is 0 Å². The molecule has 0 amide bonds. The van der Waals surface area contributed by atoms with Gasteiger partial charge in [0, 0.05) is 6.61 Å². The van der Waals surface area contributed by atoms with Crippen molar-refractivity contribution in [3.8, 4) is 0 Å². The van der Waals surface area contributed by atoms with Gasteiger partial charge in [0.05, 0.1) is 0 Å². The van der Waals surface area contributed by atoms with Crippen molar-refractivity contribution >= 4 is 0 Å². The third kappa shape index (κ3) is 12.4. The largest absolute Gasteiger partial charge is 0.397 e. The third-order valence-corrected chi connectivity index (χ3v) is 1.33. The fraction of sp³-hybridized carbons (Fsp3) is 0.143. The Morgan fingerprint density at radius 1 is 0.533 bits per heavy atom. The minimum Gasteiger partial charge on any atom is -0.397 e. The molecule has 0 bridgehead atoms. The van der Waals surface area contributed by atoms with Crippen molar-refractivity contribution in [3.63, 3.8) is 0 Å². The fourth-order valence-corrected chi connectivity index (χ4v) is 0.770. The number of rotatable bonds is 0. The molecule has 0 aliphatic carbocycles. The van der Waals surface area contributed by atoms with Crippen LogP contribution in [0.1, 0.15) is 6.92 Å². The smallest absolute Gasteiger partial charge is 0.0402 e. The van der Waals surface area contributed by atoms with Gasteiger partial charge in [-0.2, -0.15) is 0 Å². The van der Waals surface area contributed by atoms with Gasteiger partial charge in [-0.3, -0.25) is 0 Å². The van der Waals surface area contributed by atoms with E-state index in [1.54, 1.807) is 6.92 Å². The van der Waals surface area contributed by atoms with Gasteiger partial charge in [0.1, 0.15) is 0 Å². The van der Waals surface area contributed by atoms with Crippen LogP contribution in [-0.2, 0) is 0 Å². The molecule has 0 radical (unpaired) electrons. The topological polar surface area (TPSA) is 20.2 Å². The van der Waals surface area contributed by atoms with Crippen molar-refractivity contribution in [2.45, 2.75) is 6.92 Å². The summed E-state index contributed by atoms with van der Waals surface area (Å²) in [4.78, 5) is 0. The molecule has 0 aliphatic heterocycles. The number of benzene rings is 2. The summed E-state index contributed by atoms with van der Waals surface area (Å²) in [7, 11) is 0. The summed E-state index contributed by atoms with van der Waals surface area (Å²) in [6.07, 6.45) is 0. The molecule has 1 nitrogen and oxygen atoms in total. The summed E-state index contributed by atoms with van der Waals surface area (Å²) in [6, 6.07) is 24.0. The summed E-state index contributed by atoms with van der Waals surface area (Å²) >= 11 is 0. The summed E-state index contributed by atoms with van der Waals surface area (Å²) in [5.41, 5.74) is 0. The second-order valence-electron chi connectivity index (χ2n) is 2.63. The Hall–Kier alpha value is -1.60. The summed E-state index contributed by atoms with van der Waals surface area (Å²) in [5, 5.41) is 7.57. The van der Waals surface area contributed by atoms with Gasteiger partial charge in [-0.1, -0.05) is 72.8 Å². The quantitative estimate of drug-likeness (QED) is 0.694. The molecule has 0 heterocycles. The Labute approximate surface area is 92.0 Å². The highest BCUT2D eigenvalue weighted by molar-refractivity contribution is 4.99. The van der Waals surface area contributed by atoms with E-state index in [0.29, 0.717) is 0 Å². The SMILES string of the molecule is CCO.c1ccccc1.c1ccccc1. The number of hydrogen-bond donors (Lipinski definition) is 1. The second-order valence-corrected chi connectivity index (χ2v) is 2.63. The van der Waals surface area contributed by atoms with Gasteiger partial charge >= 0.3 is 0 Å². The number of aliphatic hydroxyl groups excluding tert-OH is 1. The lowest BCUT2D eigenvalue weighted by Gasteiger charge is -1.69. The standard InChI is InChI=1S/2C6H6.C2H6O/c2*1-2-4-6-5-3-1;1-2-3/h2*1-6H;3H,2H2,1H3. The van der Waals surface area contributed by atoms with E-state index >= 15 is 0 Å². The Morgan fingerprint density at radius 3 is 0.667 bits per heavy atom. The Balaban J connectivity index is 0.000000210. The maximum Gasteiger partial charge on any atom is 0.0402 e. The van der Waals surface area contributed by atoms with E-state index < -0.39 is 0 Å². The van der Waals surface area contributed by atoms with E-state index in [2.05, 4.69) is 0 Å². The molecular weight excluding hydrogens is 184 g/mol. The van der Waals surface area contributed by atoms with Gasteiger partial charge in [-0.25, -0.2) is 0 Å². The number of hydrogen-bond acceptors (Lipinski definition) is 1. The van der Waals surface area contributed by atoms with Gasteiger partial charge in [0.2, 0.25) is 0 Å². The van der Waals surface area contributed by atoms with Crippen LogP contribution in [0, 0.1) is 0 Å². The normalized spacial score (nSPS) is 7.60. The van der Waals surface area contributed by atoms with E-state index in [1.165, 1.54) is 0 Å². The van der Waals surface area contributed by atoms with E-state index in [9.17, 15) is 0 Å². The van der Waals surface area contributed by atoms with Crippen molar-refractivity contribution in [1.82, 2.24) is 0 Å². The van der Waals surface area contributed by atoms with Crippen LogP contribution in [-0.4, -0.2) is 11.7 Å². The zero-order valence-electron chi connectivity index (χ0n) is 9.08. The van der Waals surface area contributed by atoms with Crippen LogP contribution in [0.3, 0.4) is 0 Å². The molecule has 1 N–H and O–H groups in total. The van der Waals surface area contributed by atoms with Crippen molar-refractivity contribution in [3.05, 3.63) is 72.8 Å². The molecule has 1 heteroatoms. The molecule has 2 rings (SSSR count). The molecule has 0 spiro atoms. The van der Waals surface area contributed by atoms with Gasteiger partial charge in [0.25, 0.3) is 0 Å². The van der Waals surface area contributed by atoms with Crippen molar-refractivity contribution in [2.75, 3.05) is 6.61 Å². The Kier molecular flexibility index (Phi) is 11.1. The Bertz CT molecular complexity index is 194. The van der Waals surface area contributed by atoms with Crippen molar-refractivity contribution in [1.29, 1.82) is 0 Å². The van der Waals surface area contributed by atoms with Crippen LogP contribution in [0.4, 0.5) is 0 Å². The molecule has 0 fully saturated rings. The maximum absolute atomic E-state index is 7.57. The minimum absolute atomic E-state index is 0.250. The van der Waals surface area contributed by atoms with Crippen molar-refractivity contribution in [2.24, 2.45) is 0 Å². The van der Waals surface area contributed by atoms with Gasteiger partial charge in [0.15, 0.2) is 0 Å². The minimum atomic E-state index is 0.250. The van der Waals surface area contributed by atoms with Crippen LogP contribution >= 0.6 is 0 Å². The molecule has 15 heavy (non-hydrogen) atoms. The van der Waals surface area contributed by atoms with Crippen molar-refractivity contribution < 1.29 is 5.11 Å². The third-order valence-electron chi connectivity index (χ3n) is 1.33. The fourth-order valence-electron chi connectivity index (χ4n) is 0.770. The first-order chi connectivity index (χ1) is 7.41. The zero-order chi connectivity index (χ0) is 11.2. The average Bonchev–Trinajstić information content (AvgIpc) is 2.35. The highest BCUT2D eigenvalue weighted by atomic mass is 16.2. The van der Waals surface area contributed by atoms with Gasteiger partial charge in [-0.05, 0) is 6.92 Å². The van der Waals surface area contributed by atoms with E-state index in [1.807, 2.05) is 72.8 Å². The predicted octanol–water partition coefficient (Wildman–Crippen LogP) is 3.37. The molecule has 0 saturated carbocycles. The highest BCUT2D eigenvalue weighted by Crippen LogP contribution is 1.80. The van der Waals surface area contributed by atoms with E-state index in [4.69, 9.17) is 5.11 Å². The van der Waals surface area contributed by atoms with Crippen LogP contribution in [0.15, 0.2) is 72.8 Å². The van der Waals surface area contributed by atoms with Gasteiger partial charge in [-0.15, -0.1) is 0 Å². The van der Waals surface area contributed by atoms with Gasteiger partial charge < -0.3 is 5.11 Å². The zero-order valence-corrected chi connectivity index (χ0v) is 9.08. The molecule has 2 aromatic rings. The molecule has 0 unspecified atom stereocenters. The summed E-state index contributed by atoms with van der Waals surface area (Å²) in [6.45, 7) is 1.93. The van der Waals surface area contributed by atoms with Crippen LogP contribution in [0.2, 0.25) is 0 Å². The lowest BCUT2D eigenvalue weighted by Crippen LogP contribution is -1.57. The second kappa shape index (κ2) is 12.4. The average molecular weight is 202 g/mol. The lowest BCUT2D eigenvalue weighted by molar-refractivity contribution is 0.318. The Morgan fingerprint density at radius 2 is 0.600 bits per heavy atom. The van der Waals surface area contributed by atoms with Crippen LogP contribution < -0.4 is 0 Å². The van der Waals surface area contributed by atoms with Crippen LogP contribution in [0.25, 0.3) is 0 Å². The molecular formula is C14H18O. The highest BCUT2D eigenvalue weighted by Gasteiger charge is 1.58. The molecule has 0 saturated heterocycles. The molecule has 0 atom stereocenters. The molecule has 2 aromatic carbocycles. The van der Waals surface area contributed by atoms with Crippen LogP contribution in [0.5, 0.6) is 0 Å². The van der Waals surface area contributed by atoms with E-state index in [-0.39, 0.29) is 6.61 Å². The number of aliphatic hydroxyl groups is 1. The first-order valence-corrected chi connectivity index (χ1v) is 5.02. The summed E-state index contributed by atoms with van der Waals surface area (Å²) < 4.78 is 0. The molecule has 0 aromatic heterocycles. The maximum atomic E-state index is 7.57. The first-order valence-electron chi connectivity index (χ1n) is 5.02. The molecule has 80 valence electrons.